The van der Waals surface area contributed by atoms with Gasteiger partial charge in [0.2, 0.25) is 5.91 Å². The first-order chi connectivity index (χ1) is 8.19. The van der Waals surface area contributed by atoms with Gasteiger partial charge in [0.1, 0.15) is 6.42 Å². The van der Waals surface area contributed by atoms with Gasteiger partial charge in [0.05, 0.1) is 17.8 Å². The lowest BCUT2D eigenvalue weighted by atomic mass is 9.91. The number of likely N-dealkylation sites (tertiary alicyclic amines) is 1. The summed E-state index contributed by atoms with van der Waals surface area (Å²) in [6.45, 7) is 1.99. The van der Waals surface area contributed by atoms with E-state index in [9.17, 15) is 4.79 Å². The fourth-order valence-electron chi connectivity index (χ4n) is 2.71. The highest BCUT2D eigenvalue weighted by atomic mass is 16.5. The monoisotopic (exact) mass is 238 g/mol. The van der Waals surface area contributed by atoms with Crippen LogP contribution in [0.4, 0.5) is 0 Å². The summed E-state index contributed by atoms with van der Waals surface area (Å²) in [6, 6.07) is 1.90. The maximum Gasteiger partial charge on any atom is 0.236 e. The Morgan fingerprint density at radius 1 is 1.71 bits per heavy atom. The molecule has 5 nitrogen and oxygen atoms in total. The molecule has 0 aromatic rings. The Hall–Kier alpha value is -1.12. The quantitative estimate of drug-likeness (QED) is 0.710. The topological polar surface area (TPSA) is 62.6 Å². The molecule has 17 heavy (non-hydrogen) atoms. The molecule has 0 aromatic heterocycles. The van der Waals surface area contributed by atoms with E-state index in [0.717, 1.165) is 19.3 Å². The van der Waals surface area contributed by atoms with Gasteiger partial charge >= 0.3 is 0 Å². The van der Waals surface area contributed by atoms with Crippen LogP contribution in [-0.4, -0.2) is 49.3 Å². The summed E-state index contributed by atoms with van der Waals surface area (Å²) in [4.78, 5) is 13.4. The second-order valence-corrected chi connectivity index (χ2v) is 4.78. The smallest absolute Gasteiger partial charge is 0.236 e. The van der Waals surface area contributed by atoms with Crippen LogP contribution in [0.1, 0.15) is 25.7 Å². The third-order valence-electron chi connectivity index (χ3n) is 3.68. The minimum Gasteiger partial charge on any atom is -0.381 e. The average molecular weight is 238 g/mol. The molecule has 0 bridgehead atoms. The number of methoxy groups -OCH3 is 1. The normalized spacial score (nSPS) is 32.7. The van der Waals surface area contributed by atoms with Crippen molar-refractivity contribution in [2.24, 2.45) is 0 Å². The van der Waals surface area contributed by atoms with Gasteiger partial charge in [0.15, 0.2) is 0 Å². The third kappa shape index (κ3) is 2.59. The molecule has 2 atom stereocenters. The Labute approximate surface area is 101 Å². The number of hydrogen-bond acceptors (Lipinski definition) is 4. The molecule has 0 aliphatic carbocycles. The van der Waals surface area contributed by atoms with Gasteiger partial charge in [-0.25, -0.2) is 0 Å². The fourth-order valence-corrected chi connectivity index (χ4v) is 2.71. The van der Waals surface area contributed by atoms with Crippen molar-refractivity contribution in [1.29, 1.82) is 5.26 Å². The number of carbonyl (C=O) groups excluding carboxylic acids is 1. The SMILES string of the molecule is CO[C@@H]1CCO[C@]2(CCN(C(=O)CC#N)C2)C1. The van der Waals surface area contributed by atoms with Crippen molar-refractivity contribution in [3.8, 4) is 6.07 Å². The van der Waals surface area contributed by atoms with Gasteiger partial charge in [-0.3, -0.25) is 4.79 Å². The second-order valence-electron chi connectivity index (χ2n) is 4.78. The number of nitriles is 1. The van der Waals surface area contributed by atoms with Crippen molar-refractivity contribution in [3.63, 3.8) is 0 Å². The lowest BCUT2D eigenvalue weighted by Gasteiger charge is -2.37. The molecule has 5 heteroatoms. The maximum absolute atomic E-state index is 11.6. The summed E-state index contributed by atoms with van der Waals surface area (Å²) in [5.41, 5.74) is -0.232. The Morgan fingerprint density at radius 2 is 2.53 bits per heavy atom. The molecule has 0 N–H and O–H groups in total. The van der Waals surface area contributed by atoms with Gasteiger partial charge in [-0.2, -0.15) is 5.26 Å². The molecule has 2 fully saturated rings. The van der Waals surface area contributed by atoms with Crippen molar-refractivity contribution < 1.29 is 14.3 Å². The molecule has 2 aliphatic rings. The van der Waals surface area contributed by atoms with E-state index in [1.54, 1.807) is 12.0 Å². The van der Waals surface area contributed by atoms with Crippen LogP contribution in [-0.2, 0) is 14.3 Å². The van der Waals surface area contributed by atoms with Gasteiger partial charge in [-0.05, 0) is 12.8 Å². The molecule has 0 saturated carbocycles. The predicted molar refractivity (Wildman–Crippen MR) is 60.1 cm³/mol. The molecule has 2 saturated heterocycles. The Bertz CT molecular complexity index is 339. The van der Waals surface area contributed by atoms with E-state index in [4.69, 9.17) is 14.7 Å². The Morgan fingerprint density at radius 3 is 3.24 bits per heavy atom. The fraction of sp³-hybridized carbons (Fsp3) is 0.833. The zero-order chi connectivity index (χ0) is 12.3. The van der Waals surface area contributed by atoms with Crippen LogP contribution >= 0.6 is 0 Å². The first-order valence-corrected chi connectivity index (χ1v) is 6.00. The van der Waals surface area contributed by atoms with Crippen molar-refractivity contribution >= 4 is 5.91 Å². The van der Waals surface area contributed by atoms with Gasteiger partial charge < -0.3 is 14.4 Å². The zero-order valence-electron chi connectivity index (χ0n) is 10.1. The summed E-state index contributed by atoms with van der Waals surface area (Å²) >= 11 is 0. The highest BCUT2D eigenvalue weighted by molar-refractivity contribution is 5.78. The number of hydrogen-bond donors (Lipinski definition) is 0. The van der Waals surface area contributed by atoms with Crippen LogP contribution in [0, 0.1) is 11.3 Å². The van der Waals surface area contributed by atoms with Crippen LogP contribution in [0.3, 0.4) is 0 Å². The maximum atomic E-state index is 11.6. The molecule has 2 rings (SSSR count). The van der Waals surface area contributed by atoms with Gasteiger partial charge in [0, 0.05) is 33.2 Å². The number of amides is 1. The largest absolute Gasteiger partial charge is 0.381 e. The first kappa shape index (κ1) is 12.3. The lowest BCUT2D eigenvalue weighted by molar-refractivity contribution is -0.136. The standard InChI is InChI=1S/C12H18N2O3/c1-16-10-3-7-17-12(8-10)4-6-14(9-12)11(15)2-5-13/h10H,2-4,6-9H2,1H3/t10-,12-/m1/s1. The molecule has 1 amide bonds. The van der Waals surface area contributed by atoms with Crippen LogP contribution in [0.15, 0.2) is 0 Å². The van der Waals surface area contributed by atoms with Crippen LogP contribution in [0.5, 0.6) is 0 Å². The summed E-state index contributed by atoms with van der Waals surface area (Å²) in [5, 5.41) is 8.53. The third-order valence-corrected chi connectivity index (χ3v) is 3.68. The van der Waals surface area contributed by atoms with E-state index in [0.29, 0.717) is 19.7 Å². The van der Waals surface area contributed by atoms with Crippen LogP contribution < -0.4 is 0 Å². The first-order valence-electron chi connectivity index (χ1n) is 6.00. The van der Waals surface area contributed by atoms with E-state index in [-0.39, 0.29) is 24.0 Å². The molecular formula is C12H18N2O3. The predicted octanol–water partition coefficient (Wildman–Crippen LogP) is 0.697. The minimum atomic E-state index is -0.232. The summed E-state index contributed by atoms with van der Waals surface area (Å²) in [6.07, 6.45) is 2.81. The Kier molecular flexibility index (Phi) is 3.65. The molecule has 0 radical (unpaired) electrons. The van der Waals surface area contributed by atoms with Crippen molar-refractivity contribution in [1.82, 2.24) is 4.90 Å². The summed E-state index contributed by atoms with van der Waals surface area (Å²) in [5.74, 6) is -0.0903. The number of carbonyl (C=O) groups is 1. The van der Waals surface area contributed by atoms with E-state index in [1.165, 1.54) is 0 Å². The molecular weight excluding hydrogens is 220 g/mol. The number of ether oxygens (including phenoxy) is 2. The molecule has 2 heterocycles. The summed E-state index contributed by atoms with van der Waals surface area (Å²) < 4.78 is 11.2. The second kappa shape index (κ2) is 5.03. The van der Waals surface area contributed by atoms with E-state index < -0.39 is 0 Å². The molecule has 1 spiro atoms. The van der Waals surface area contributed by atoms with E-state index in [2.05, 4.69) is 0 Å². The molecule has 2 aliphatic heterocycles. The molecule has 0 aromatic carbocycles. The molecule has 94 valence electrons. The highest BCUT2D eigenvalue weighted by Gasteiger charge is 2.44. The number of rotatable bonds is 2. The Balaban J connectivity index is 1.96. The minimum absolute atomic E-state index is 0.0379. The van der Waals surface area contributed by atoms with Crippen LogP contribution in [0.2, 0.25) is 0 Å². The molecule has 0 unspecified atom stereocenters. The zero-order valence-corrected chi connectivity index (χ0v) is 10.1. The van der Waals surface area contributed by atoms with Crippen molar-refractivity contribution in [2.75, 3.05) is 26.8 Å². The van der Waals surface area contributed by atoms with Crippen molar-refractivity contribution in [3.05, 3.63) is 0 Å². The van der Waals surface area contributed by atoms with Gasteiger partial charge in [0.25, 0.3) is 0 Å². The van der Waals surface area contributed by atoms with Gasteiger partial charge in [-0.15, -0.1) is 0 Å². The van der Waals surface area contributed by atoms with Crippen molar-refractivity contribution in [2.45, 2.75) is 37.4 Å². The number of nitrogens with zero attached hydrogens (tertiary/aromatic N) is 2. The lowest BCUT2D eigenvalue weighted by Crippen LogP contribution is -2.45. The van der Waals surface area contributed by atoms with Gasteiger partial charge in [-0.1, -0.05) is 0 Å². The van der Waals surface area contributed by atoms with Crippen LogP contribution in [0.25, 0.3) is 0 Å². The highest BCUT2D eigenvalue weighted by Crippen LogP contribution is 2.35. The summed E-state index contributed by atoms with van der Waals surface area (Å²) in [7, 11) is 1.72. The van der Waals surface area contributed by atoms with E-state index in [1.807, 2.05) is 6.07 Å². The average Bonchev–Trinajstić information content (AvgIpc) is 2.73. The van der Waals surface area contributed by atoms with E-state index >= 15 is 0 Å².